The number of ether oxygens (including phenoxy) is 1. The number of hydrogen-bond donors (Lipinski definition) is 1. The van der Waals surface area contributed by atoms with Gasteiger partial charge in [0.2, 0.25) is 0 Å². The summed E-state index contributed by atoms with van der Waals surface area (Å²) in [6.45, 7) is 4.31. The third-order valence-corrected chi connectivity index (χ3v) is 6.08. The highest BCUT2D eigenvalue weighted by Gasteiger charge is 2.48. The van der Waals surface area contributed by atoms with Crippen LogP contribution >= 0.6 is 24.0 Å². The van der Waals surface area contributed by atoms with Gasteiger partial charge in [0.05, 0.1) is 6.04 Å². The van der Waals surface area contributed by atoms with Gasteiger partial charge in [-0.1, -0.05) is 25.1 Å². The summed E-state index contributed by atoms with van der Waals surface area (Å²) in [7, 11) is 0. The van der Waals surface area contributed by atoms with Crippen LogP contribution < -0.4 is 15.0 Å². The maximum Gasteiger partial charge on any atom is 0.188 e. The molecule has 2 heterocycles. The van der Waals surface area contributed by atoms with Crippen LogP contribution in [0.5, 0.6) is 5.75 Å². The van der Waals surface area contributed by atoms with Gasteiger partial charge in [0.1, 0.15) is 5.75 Å². The molecule has 2 aromatic rings. The molecule has 2 atom stereocenters. The number of benzene rings is 2. The molecule has 3 nitrogen and oxygen atoms in total. The first-order valence-corrected chi connectivity index (χ1v) is 10.2. The second-order valence-corrected chi connectivity index (χ2v) is 8.01. The minimum Gasteiger partial charge on any atom is -0.467 e. The summed E-state index contributed by atoms with van der Waals surface area (Å²) in [5.41, 5.74) is 3.13. The second kappa shape index (κ2) is 6.22. The predicted octanol–water partition coefficient (Wildman–Crippen LogP) is 4.91. The van der Waals surface area contributed by atoms with Crippen molar-refractivity contribution in [1.82, 2.24) is 5.32 Å². The lowest BCUT2D eigenvalue weighted by Gasteiger charge is -2.52. The van der Waals surface area contributed by atoms with Crippen molar-refractivity contribution >= 4 is 34.8 Å². The molecule has 1 saturated heterocycles. The Morgan fingerprint density at radius 1 is 1.32 bits per heavy atom. The van der Waals surface area contributed by atoms with Crippen LogP contribution in [0.25, 0.3) is 0 Å². The molecule has 2 aliphatic heterocycles. The molecule has 0 radical (unpaired) electrons. The van der Waals surface area contributed by atoms with Gasteiger partial charge in [-0.2, -0.15) is 0 Å². The Morgan fingerprint density at radius 2 is 2.16 bits per heavy atom. The van der Waals surface area contributed by atoms with Crippen molar-refractivity contribution in [2.45, 2.75) is 43.4 Å². The number of anilines is 1. The standard InChI is InChI=1S/C20H22N2OS2/c1-4-13-8-9-18-16(10-13)17-12-20(2,23-18)22(19(24)21-17)14-6-5-7-15(11-14)25-3/h5-11,17H,4,12H2,1-3H3,(H,21,24)/t17-,20+/m1/s1. The van der Waals surface area contributed by atoms with E-state index >= 15 is 0 Å². The van der Waals surface area contributed by atoms with Gasteiger partial charge in [-0.25, -0.2) is 0 Å². The van der Waals surface area contributed by atoms with Crippen LogP contribution in [0.4, 0.5) is 5.69 Å². The Bertz CT molecular complexity index is 838. The number of rotatable bonds is 3. The lowest BCUT2D eigenvalue weighted by atomic mass is 9.89. The molecule has 2 bridgehead atoms. The lowest BCUT2D eigenvalue weighted by molar-refractivity contribution is 0.0497. The molecular weight excluding hydrogens is 348 g/mol. The van der Waals surface area contributed by atoms with E-state index in [9.17, 15) is 0 Å². The van der Waals surface area contributed by atoms with E-state index in [4.69, 9.17) is 17.0 Å². The molecule has 0 unspecified atom stereocenters. The van der Waals surface area contributed by atoms with E-state index in [0.717, 1.165) is 29.4 Å². The zero-order valence-electron chi connectivity index (χ0n) is 14.7. The van der Waals surface area contributed by atoms with Crippen molar-refractivity contribution in [3.8, 4) is 5.75 Å². The van der Waals surface area contributed by atoms with Crippen molar-refractivity contribution in [1.29, 1.82) is 0 Å². The molecule has 25 heavy (non-hydrogen) atoms. The van der Waals surface area contributed by atoms with Crippen molar-refractivity contribution in [3.63, 3.8) is 0 Å². The van der Waals surface area contributed by atoms with Crippen molar-refractivity contribution in [3.05, 3.63) is 53.6 Å². The van der Waals surface area contributed by atoms with Crippen LogP contribution in [0.3, 0.4) is 0 Å². The Labute approximate surface area is 158 Å². The molecule has 2 aromatic carbocycles. The summed E-state index contributed by atoms with van der Waals surface area (Å²) >= 11 is 7.47. The number of hydrogen-bond acceptors (Lipinski definition) is 3. The summed E-state index contributed by atoms with van der Waals surface area (Å²) in [5.74, 6) is 0.956. The molecular formula is C20H22N2OS2. The van der Waals surface area contributed by atoms with E-state index in [1.54, 1.807) is 11.8 Å². The average Bonchev–Trinajstić information content (AvgIpc) is 2.61. The summed E-state index contributed by atoms with van der Waals surface area (Å²) in [5, 5.41) is 4.26. The molecule has 0 amide bonds. The first kappa shape index (κ1) is 16.7. The van der Waals surface area contributed by atoms with Gasteiger partial charge < -0.3 is 10.1 Å². The number of aryl methyl sites for hydroxylation is 1. The van der Waals surface area contributed by atoms with Gasteiger partial charge in [-0.3, -0.25) is 4.90 Å². The lowest BCUT2D eigenvalue weighted by Crippen LogP contribution is -2.65. The number of thioether (sulfide) groups is 1. The normalized spacial score (nSPS) is 24.4. The second-order valence-electron chi connectivity index (χ2n) is 6.75. The van der Waals surface area contributed by atoms with Gasteiger partial charge >= 0.3 is 0 Å². The first-order valence-electron chi connectivity index (χ1n) is 8.60. The van der Waals surface area contributed by atoms with Crippen LogP contribution in [0.1, 0.15) is 37.4 Å². The number of fused-ring (bicyclic) bond motifs is 4. The summed E-state index contributed by atoms with van der Waals surface area (Å²) in [6.07, 6.45) is 3.97. The van der Waals surface area contributed by atoms with Crippen molar-refractivity contribution in [2.75, 3.05) is 11.2 Å². The van der Waals surface area contributed by atoms with E-state index in [1.165, 1.54) is 16.0 Å². The largest absolute Gasteiger partial charge is 0.467 e. The van der Waals surface area contributed by atoms with E-state index in [2.05, 4.69) is 72.8 Å². The molecule has 1 N–H and O–H groups in total. The molecule has 1 fully saturated rings. The van der Waals surface area contributed by atoms with Gasteiger partial charge in [0.15, 0.2) is 10.8 Å². The number of nitrogens with one attached hydrogen (secondary N) is 1. The van der Waals surface area contributed by atoms with E-state index in [0.29, 0.717) is 0 Å². The minimum absolute atomic E-state index is 0.202. The van der Waals surface area contributed by atoms with E-state index in [-0.39, 0.29) is 6.04 Å². The molecule has 0 aromatic heterocycles. The van der Waals surface area contributed by atoms with Gasteiger partial charge in [-0.15, -0.1) is 11.8 Å². The highest BCUT2D eigenvalue weighted by atomic mass is 32.2. The molecule has 0 aliphatic carbocycles. The maximum atomic E-state index is 6.49. The van der Waals surface area contributed by atoms with Crippen LogP contribution in [0, 0.1) is 0 Å². The fraction of sp³-hybridized carbons (Fsp3) is 0.350. The van der Waals surface area contributed by atoms with Crippen LogP contribution in [0.15, 0.2) is 47.4 Å². The van der Waals surface area contributed by atoms with Crippen molar-refractivity contribution in [2.24, 2.45) is 0 Å². The van der Waals surface area contributed by atoms with Crippen molar-refractivity contribution < 1.29 is 4.74 Å². The third-order valence-electron chi connectivity index (χ3n) is 5.06. The van der Waals surface area contributed by atoms with E-state index in [1.807, 2.05) is 0 Å². The molecule has 130 valence electrons. The molecule has 0 spiro atoms. The quantitative estimate of drug-likeness (QED) is 0.612. The van der Waals surface area contributed by atoms with Gasteiger partial charge in [0, 0.05) is 22.6 Å². The maximum absolute atomic E-state index is 6.49. The van der Waals surface area contributed by atoms with Crippen LogP contribution in [-0.2, 0) is 6.42 Å². The first-order chi connectivity index (χ1) is 12.0. The Balaban J connectivity index is 1.77. The van der Waals surface area contributed by atoms with E-state index < -0.39 is 5.72 Å². The minimum atomic E-state index is -0.481. The monoisotopic (exact) mass is 370 g/mol. The third kappa shape index (κ3) is 2.79. The fourth-order valence-corrected chi connectivity index (χ4v) is 4.68. The molecule has 4 rings (SSSR count). The number of thiocarbonyl (C=S) groups is 1. The highest BCUT2D eigenvalue weighted by Crippen LogP contribution is 2.46. The van der Waals surface area contributed by atoms with Crippen LogP contribution in [0.2, 0.25) is 0 Å². The fourth-order valence-electron chi connectivity index (χ4n) is 3.78. The molecule has 0 saturated carbocycles. The summed E-state index contributed by atoms with van der Waals surface area (Å²) in [6, 6.07) is 15.2. The average molecular weight is 371 g/mol. The molecule has 5 heteroatoms. The summed E-state index contributed by atoms with van der Waals surface area (Å²) in [4.78, 5) is 3.34. The predicted molar refractivity (Wildman–Crippen MR) is 109 cm³/mol. The zero-order valence-corrected chi connectivity index (χ0v) is 16.3. The van der Waals surface area contributed by atoms with Gasteiger partial charge in [0.25, 0.3) is 0 Å². The van der Waals surface area contributed by atoms with Crippen LogP contribution in [-0.4, -0.2) is 17.1 Å². The number of nitrogens with zero attached hydrogens (tertiary/aromatic N) is 1. The summed E-state index contributed by atoms with van der Waals surface area (Å²) < 4.78 is 6.49. The molecule has 2 aliphatic rings. The van der Waals surface area contributed by atoms with Gasteiger partial charge in [-0.05, 0) is 61.6 Å². The Kier molecular flexibility index (Phi) is 4.16. The Morgan fingerprint density at radius 3 is 2.92 bits per heavy atom. The zero-order chi connectivity index (χ0) is 17.6. The topological polar surface area (TPSA) is 24.5 Å². The smallest absolute Gasteiger partial charge is 0.188 e. The Hall–Kier alpha value is -1.72. The SMILES string of the molecule is CCc1ccc2c(c1)[C@H]1C[C@](C)(O2)N(c2cccc(SC)c2)C(=S)N1. The highest BCUT2D eigenvalue weighted by molar-refractivity contribution is 7.98.